The Morgan fingerprint density at radius 3 is 2.24 bits per heavy atom. The van der Waals surface area contributed by atoms with Crippen molar-refractivity contribution in [3.8, 4) is 5.75 Å². The van der Waals surface area contributed by atoms with Crippen LogP contribution < -0.4 is 10.1 Å². The molecule has 0 amide bonds. The van der Waals surface area contributed by atoms with Crippen LogP contribution in [0.4, 0.5) is 0 Å². The number of aliphatic carboxylic acids is 1. The molecule has 2 N–H and O–H groups in total. The fourth-order valence-electron chi connectivity index (χ4n) is 2.42. The third-order valence-corrected chi connectivity index (χ3v) is 4.30. The zero-order valence-corrected chi connectivity index (χ0v) is 15.6. The van der Waals surface area contributed by atoms with Crippen LogP contribution in [0.1, 0.15) is 25.0 Å². The first-order chi connectivity index (χ1) is 11.9. The first-order valence-electron chi connectivity index (χ1n) is 7.99. The van der Waals surface area contributed by atoms with Crippen molar-refractivity contribution >= 4 is 29.2 Å². The average Bonchev–Trinajstić information content (AvgIpc) is 2.54. The van der Waals surface area contributed by atoms with Crippen molar-refractivity contribution < 1.29 is 14.6 Å². The lowest BCUT2D eigenvalue weighted by molar-refractivity contribution is -0.140. The van der Waals surface area contributed by atoms with Crippen LogP contribution in [0.2, 0.25) is 10.0 Å². The van der Waals surface area contributed by atoms with E-state index < -0.39 is 12.0 Å². The summed E-state index contributed by atoms with van der Waals surface area (Å²) in [6.45, 7) is 4.43. The number of benzene rings is 2. The molecule has 2 aromatic rings. The first-order valence-corrected chi connectivity index (χ1v) is 8.75. The lowest BCUT2D eigenvalue weighted by Crippen LogP contribution is -2.40. The summed E-state index contributed by atoms with van der Waals surface area (Å²) in [5, 5.41) is 13.0. The van der Waals surface area contributed by atoms with E-state index in [1.54, 1.807) is 12.1 Å². The van der Waals surface area contributed by atoms with Crippen molar-refractivity contribution in [1.82, 2.24) is 5.32 Å². The van der Waals surface area contributed by atoms with E-state index >= 15 is 0 Å². The van der Waals surface area contributed by atoms with E-state index in [1.165, 1.54) is 0 Å². The highest BCUT2D eigenvalue weighted by Crippen LogP contribution is 2.34. The number of hydrogen-bond donors (Lipinski definition) is 2. The van der Waals surface area contributed by atoms with Gasteiger partial charge in [0.15, 0.2) is 5.75 Å². The molecule has 4 nitrogen and oxygen atoms in total. The van der Waals surface area contributed by atoms with Crippen molar-refractivity contribution in [2.75, 3.05) is 0 Å². The van der Waals surface area contributed by atoms with Gasteiger partial charge in [-0.25, -0.2) is 0 Å². The van der Waals surface area contributed by atoms with E-state index in [0.717, 1.165) is 11.1 Å². The maximum absolute atomic E-state index is 11.2. The summed E-state index contributed by atoms with van der Waals surface area (Å²) < 4.78 is 5.73. The van der Waals surface area contributed by atoms with Crippen molar-refractivity contribution in [2.24, 2.45) is 5.92 Å². The van der Waals surface area contributed by atoms with Gasteiger partial charge in [-0.3, -0.25) is 4.79 Å². The van der Waals surface area contributed by atoms with E-state index in [0.29, 0.717) is 28.9 Å². The topological polar surface area (TPSA) is 58.6 Å². The molecule has 6 heteroatoms. The third kappa shape index (κ3) is 5.63. The van der Waals surface area contributed by atoms with Crippen molar-refractivity contribution in [2.45, 2.75) is 33.0 Å². The number of hydrogen-bond acceptors (Lipinski definition) is 3. The number of carboxylic acids is 1. The molecule has 0 saturated heterocycles. The lowest BCUT2D eigenvalue weighted by Gasteiger charge is -2.18. The average molecular weight is 382 g/mol. The smallest absolute Gasteiger partial charge is 0.320 e. The van der Waals surface area contributed by atoms with Crippen LogP contribution >= 0.6 is 23.2 Å². The molecule has 2 rings (SSSR count). The Morgan fingerprint density at radius 2 is 1.72 bits per heavy atom. The summed E-state index contributed by atoms with van der Waals surface area (Å²) in [6.07, 6.45) is 0. The predicted octanol–water partition coefficient (Wildman–Crippen LogP) is 4.77. The van der Waals surface area contributed by atoms with Crippen molar-refractivity contribution in [3.05, 3.63) is 63.6 Å². The molecule has 0 aliphatic heterocycles. The highest BCUT2D eigenvalue weighted by molar-refractivity contribution is 6.37. The Labute approximate surface area is 157 Å². The van der Waals surface area contributed by atoms with Crippen LogP contribution in [-0.2, 0) is 17.9 Å². The molecule has 0 aromatic heterocycles. The third-order valence-electron chi connectivity index (χ3n) is 3.74. The Hall–Kier alpha value is -1.75. The lowest BCUT2D eigenvalue weighted by atomic mass is 10.0. The molecule has 0 aliphatic carbocycles. The highest BCUT2D eigenvalue weighted by atomic mass is 35.5. The van der Waals surface area contributed by atoms with Gasteiger partial charge in [0.05, 0.1) is 10.0 Å². The molecular formula is C19H21Cl2NO3. The summed E-state index contributed by atoms with van der Waals surface area (Å²) in [4.78, 5) is 11.2. The summed E-state index contributed by atoms with van der Waals surface area (Å²) in [6, 6.07) is 12.6. The fourth-order valence-corrected chi connectivity index (χ4v) is 3.06. The zero-order chi connectivity index (χ0) is 18.4. The van der Waals surface area contributed by atoms with Gasteiger partial charge < -0.3 is 15.2 Å². The predicted molar refractivity (Wildman–Crippen MR) is 100 cm³/mol. The fraction of sp³-hybridized carbons (Fsp3) is 0.316. The van der Waals surface area contributed by atoms with E-state index in [2.05, 4.69) is 5.32 Å². The largest absolute Gasteiger partial charge is 0.486 e. The summed E-state index contributed by atoms with van der Waals surface area (Å²) in [5.74, 6) is -0.485. The molecule has 0 heterocycles. The monoisotopic (exact) mass is 381 g/mol. The second kappa shape index (κ2) is 9.09. The van der Waals surface area contributed by atoms with Gasteiger partial charge in [0.2, 0.25) is 0 Å². The minimum absolute atomic E-state index is 0.0306. The number of rotatable bonds is 8. The second-order valence-electron chi connectivity index (χ2n) is 6.10. The Bertz CT molecular complexity index is 697. The molecule has 0 aliphatic rings. The summed E-state index contributed by atoms with van der Waals surface area (Å²) in [5.41, 5.74) is 1.82. The van der Waals surface area contributed by atoms with Gasteiger partial charge in [-0.2, -0.15) is 0 Å². The minimum Gasteiger partial charge on any atom is -0.486 e. The summed E-state index contributed by atoms with van der Waals surface area (Å²) >= 11 is 12.6. The van der Waals surface area contributed by atoms with E-state index in [9.17, 15) is 9.90 Å². The van der Waals surface area contributed by atoms with Gasteiger partial charge in [-0.05, 0) is 29.2 Å². The molecule has 1 atom stereocenters. The van der Waals surface area contributed by atoms with Crippen molar-refractivity contribution in [1.29, 1.82) is 0 Å². The molecule has 134 valence electrons. The number of carbonyl (C=O) groups is 1. The van der Waals surface area contributed by atoms with Gasteiger partial charge in [-0.1, -0.05) is 67.4 Å². The van der Waals surface area contributed by atoms with Crippen LogP contribution in [-0.4, -0.2) is 17.1 Å². The van der Waals surface area contributed by atoms with Crippen LogP contribution in [0.5, 0.6) is 5.75 Å². The number of carboxylic acid groups (broad SMARTS) is 1. The standard InChI is InChI=1S/C19H21Cl2NO3/c1-12(2)17(19(23)24)22-10-14-8-15(20)18(16(21)9-14)25-11-13-6-4-3-5-7-13/h3-9,12,17,22H,10-11H2,1-2H3,(H,23,24). The first kappa shape index (κ1) is 19.6. The van der Waals surface area contributed by atoms with E-state index in [1.807, 2.05) is 44.2 Å². The van der Waals surface area contributed by atoms with Crippen LogP contribution in [0.25, 0.3) is 0 Å². The van der Waals surface area contributed by atoms with E-state index in [-0.39, 0.29) is 5.92 Å². The quantitative estimate of drug-likeness (QED) is 0.691. The normalized spacial score (nSPS) is 12.2. The zero-order valence-electron chi connectivity index (χ0n) is 14.1. The minimum atomic E-state index is -0.880. The van der Waals surface area contributed by atoms with Gasteiger partial charge in [0.1, 0.15) is 12.6 Å². The van der Waals surface area contributed by atoms with Gasteiger partial charge in [-0.15, -0.1) is 0 Å². The molecular weight excluding hydrogens is 361 g/mol. The number of halogens is 2. The number of nitrogens with one attached hydrogen (secondary N) is 1. The van der Waals surface area contributed by atoms with Crippen LogP contribution in [0.15, 0.2) is 42.5 Å². The second-order valence-corrected chi connectivity index (χ2v) is 6.92. The molecule has 2 aromatic carbocycles. The van der Waals surface area contributed by atoms with Gasteiger partial charge in [0.25, 0.3) is 0 Å². The van der Waals surface area contributed by atoms with Crippen LogP contribution in [0.3, 0.4) is 0 Å². The molecule has 0 fully saturated rings. The molecule has 25 heavy (non-hydrogen) atoms. The molecule has 0 bridgehead atoms. The SMILES string of the molecule is CC(C)C(NCc1cc(Cl)c(OCc2ccccc2)c(Cl)c1)C(=O)O. The Balaban J connectivity index is 2.05. The van der Waals surface area contributed by atoms with Gasteiger partial charge >= 0.3 is 5.97 Å². The van der Waals surface area contributed by atoms with Crippen molar-refractivity contribution in [3.63, 3.8) is 0 Å². The maximum Gasteiger partial charge on any atom is 0.320 e. The highest BCUT2D eigenvalue weighted by Gasteiger charge is 2.21. The maximum atomic E-state index is 11.2. The Morgan fingerprint density at radius 1 is 1.12 bits per heavy atom. The number of ether oxygens (including phenoxy) is 1. The van der Waals surface area contributed by atoms with E-state index in [4.69, 9.17) is 27.9 Å². The summed E-state index contributed by atoms with van der Waals surface area (Å²) in [7, 11) is 0. The van der Waals surface area contributed by atoms with Gasteiger partial charge in [0, 0.05) is 6.54 Å². The molecule has 1 unspecified atom stereocenters. The molecule has 0 spiro atoms. The molecule has 0 saturated carbocycles. The van der Waals surface area contributed by atoms with Crippen LogP contribution in [0, 0.1) is 5.92 Å². The molecule has 0 radical (unpaired) electrons. The Kier molecular flexibility index (Phi) is 7.12.